The van der Waals surface area contributed by atoms with Gasteiger partial charge in [0.1, 0.15) is 6.04 Å². The Balaban J connectivity index is 1.75. The topological polar surface area (TPSA) is 51.4 Å². The van der Waals surface area contributed by atoms with E-state index in [2.05, 4.69) is 46.2 Å². The summed E-state index contributed by atoms with van der Waals surface area (Å²) in [5.74, 6) is 2.41. The number of rotatable bonds is 5. The van der Waals surface area contributed by atoms with Crippen LogP contribution in [0, 0.1) is 6.92 Å². The zero-order valence-electron chi connectivity index (χ0n) is 13.0. The number of aromatic nitrogens is 2. The van der Waals surface area contributed by atoms with Crippen LogP contribution in [0.5, 0.6) is 0 Å². The van der Waals surface area contributed by atoms with Crippen LogP contribution in [0.2, 0.25) is 0 Å². The number of hydrogen-bond donors (Lipinski definition) is 0. The van der Waals surface area contributed by atoms with Crippen LogP contribution >= 0.6 is 11.8 Å². The zero-order valence-corrected chi connectivity index (χ0v) is 13.8. The summed E-state index contributed by atoms with van der Waals surface area (Å²) in [6, 6.07) is 8.76. The summed E-state index contributed by atoms with van der Waals surface area (Å²) >= 11 is 1.87. The lowest BCUT2D eigenvalue weighted by Gasteiger charge is -2.33. The molecule has 0 saturated carbocycles. The highest BCUT2D eigenvalue weighted by molar-refractivity contribution is 7.99. The van der Waals surface area contributed by atoms with Crippen molar-refractivity contribution in [2.45, 2.75) is 31.3 Å². The van der Waals surface area contributed by atoms with Gasteiger partial charge in [-0.25, -0.2) is 0 Å². The van der Waals surface area contributed by atoms with Crippen molar-refractivity contribution >= 4 is 11.8 Å². The first-order valence-corrected chi connectivity index (χ1v) is 8.58. The fourth-order valence-corrected chi connectivity index (χ4v) is 3.38. The molecule has 2 aromatic rings. The Morgan fingerprint density at radius 1 is 1.41 bits per heavy atom. The van der Waals surface area contributed by atoms with E-state index in [9.17, 15) is 0 Å². The van der Waals surface area contributed by atoms with Crippen LogP contribution in [0.3, 0.4) is 0 Å². The maximum Gasteiger partial charge on any atom is 0.246 e. The van der Waals surface area contributed by atoms with Crippen LogP contribution in [0.15, 0.2) is 33.7 Å². The lowest BCUT2D eigenvalue weighted by atomic mass is 10.1. The van der Waals surface area contributed by atoms with Crippen molar-refractivity contribution in [3.05, 3.63) is 41.5 Å². The number of benzene rings is 1. The van der Waals surface area contributed by atoms with Crippen molar-refractivity contribution in [2.24, 2.45) is 0 Å². The minimum Gasteiger partial charge on any atom is -0.378 e. The fourth-order valence-electron chi connectivity index (χ4n) is 2.64. The minimum atomic E-state index is 0.0393. The molecule has 0 aliphatic carbocycles. The first-order valence-electron chi connectivity index (χ1n) is 7.60. The average Bonchev–Trinajstić information content (AvgIpc) is 2.95. The van der Waals surface area contributed by atoms with Crippen LogP contribution in [0.25, 0.3) is 0 Å². The third-order valence-corrected chi connectivity index (χ3v) is 4.54. The van der Waals surface area contributed by atoms with E-state index in [-0.39, 0.29) is 6.04 Å². The van der Waals surface area contributed by atoms with Crippen LogP contribution in [-0.4, -0.2) is 40.6 Å². The second-order valence-electron chi connectivity index (χ2n) is 5.32. The molecule has 3 rings (SSSR count). The number of nitrogens with zero attached hydrogens (tertiary/aromatic N) is 3. The van der Waals surface area contributed by atoms with Crippen molar-refractivity contribution in [1.29, 1.82) is 0 Å². The lowest BCUT2D eigenvalue weighted by Crippen LogP contribution is -2.39. The highest BCUT2D eigenvalue weighted by Crippen LogP contribution is 2.26. The first kappa shape index (κ1) is 15.5. The molecule has 118 valence electrons. The Bertz CT molecular complexity index is 617. The third kappa shape index (κ3) is 3.69. The van der Waals surface area contributed by atoms with Gasteiger partial charge in [0.05, 0.1) is 13.2 Å². The van der Waals surface area contributed by atoms with Gasteiger partial charge in [-0.05, 0) is 30.4 Å². The van der Waals surface area contributed by atoms with Gasteiger partial charge in [0.2, 0.25) is 5.89 Å². The summed E-state index contributed by atoms with van der Waals surface area (Å²) < 4.78 is 10.9. The molecule has 5 nitrogen and oxygen atoms in total. The largest absolute Gasteiger partial charge is 0.378 e. The summed E-state index contributed by atoms with van der Waals surface area (Å²) in [5, 5.41) is 3.90. The van der Waals surface area contributed by atoms with Crippen molar-refractivity contribution in [3.8, 4) is 0 Å². The Morgan fingerprint density at radius 3 is 3.09 bits per heavy atom. The molecule has 1 saturated heterocycles. The predicted octanol–water partition coefficient (Wildman–Crippen LogP) is 3.06. The van der Waals surface area contributed by atoms with E-state index in [0.29, 0.717) is 18.3 Å². The van der Waals surface area contributed by atoms with Crippen molar-refractivity contribution in [1.82, 2.24) is 15.0 Å². The molecule has 0 N–H and O–H groups in total. The number of hydrogen-bond acceptors (Lipinski definition) is 6. The highest BCUT2D eigenvalue weighted by Gasteiger charge is 2.29. The van der Waals surface area contributed by atoms with Gasteiger partial charge in [0.25, 0.3) is 0 Å². The van der Waals surface area contributed by atoms with Gasteiger partial charge in [0, 0.05) is 18.0 Å². The van der Waals surface area contributed by atoms with E-state index >= 15 is 0 Å². The summed E-state index contributed by atoms with van der Waals surface area (Å²) in [4.78, 5) is 8.04. The molecule has 1 atom stereocenters. The molecule has 2 heterocycles. The molecule has 0 spiro atoms. The maximum atomic E-state index is 5.60. The molecule has 1 fully saturated rings. The molecule has 1 aliphatic heterocycles. The van der Waals surface area contributed by atoms with Gasteiger partial charge in [-0.2, -0.15) is 4.98 Å². The number of aryl methyl sites for hydroxylation is 1. The van der Waals surface area contributed by atoms with Crippen LogP contribution in [-0.2, 0) is 11.3 Å². The van der Waals surface area contributed by atoms with Gasteiger partial charge < -0.3 is 9.26 Å². The summed E-state index contributed by atoms with van der Waals surface area (Å²) in [6.45, 7) is 7.10. The van der Waals surface area contributed by atoms with E-state index in [1.807, 2.05) is 18.7 Å². The second kappa shape index (κ2) is 7.26. The summed E-state index contributed by atoms with van der Waals surface area (Å²) in [5.41, 5.74) is 1.31. The van der Waals surface area contributed by atoms with E-state index in [0.717, 1.165) is 25.4 Å². The highest BCUT2D eigenvalue weighted by atomic mass is 32.2. The number of ether oxygens (including phenoxy) is 1. The molecule has 22 heavy (non-hydrogen) atoms. The quantitative estimate of drug-likeness (QED) is 0.790. The fraction of sp³-hybridized carbons (Fsp3) is 0.500. The summed E-state index contributed by atoms with van der Waals surface area (Å²) in [7, 11) is 0. The average molecular weight is 319 g/mol. The van der Waals surface area contributed by atoms with E-state index in [1.165, 1.54) is 10.5 Å². The molecule has 1 aromatic heterocycles. The molecule has 0 amide bonds. The smallest absolute Gasteiger partial charge is 0.246 e. The van der Waals surface area contributed by atoms with E-state index in [1.54, 1.807) is 0 Å². The van der Waals surface area contributed by atoms with Gasteiger partial charge in [-0.3, -0.25) is 4.90 Å². The predicted molar refractivity (Wildman–Crippen MR) is 85.8 cm³/mol. The van der Waals surface area contributed by atoms with Gasteiger partial charge in [-0.1, -0.05) is 24.2 Å². The monoisotopic (exact) mass is 319 g/mol. The lowest BCUT2D eigenvalue weighted by molar-refractivity contribution is -0.0241. The molecule has 0 bridgehead atoms. The SMILES string of the molecule is CCSc1cccc(CN2CCOC[C@H]2c2nc(C)no2)c1. The Hall–Kier alpha value is -1.37. The van der Waals surface area contributed by atoms with E-state index in [4.69, 9.17) is 9.26 Å². The molecular weight excluding hydrogens is 298 g/mol. The van der Waals surface area contributed by atoms with Crippen LogP contribution in [0.4, 0.5) is 0 Å². The Morgan fingerprint density at radius 2 is 2.32 bits per heavy atom. The van der Waals surface area contributed by atoms with Gasteiger partial charge >= 0.3 is 0 Å². The normalized spacial score (nSPS) is 19.5. The second-order valence-corrected chi connectivity index (χ2v) is 6.66. The van der Waals surface area contributed by atoms with Crippen molar-refractivity contribution in [3.63, 3.8) is 0 Å². The van der Waals surface area contributed by atoms with E-state index < -0.39 is 0 Å². The number of morpholine rings is 1. The molecular formula is C16H21N3O2S. The third-order valence-electron chi connectivity index (χ3n) is 3.66. The standard InChI is InChI=1S/C16H21N3O2S/c1-3-22-14-6-4-5-13(9-14)10-19-7-8-20-11-15(19)16-17-12(2)18-21-16/h4-6,9,15H,3,7-8,10-11H2,1-2H3/t15-/m0/s1. The molecule has 0 radical (unpaired) electrons. The zero-order chi connectivity index (χ0) is 15.4. The Labute approximate surface area is 135 Å². The van der Waals surface area contributed by atoms with Gasteiger partial charge in [-0.15, -0.1) is 11.8 Å². The van der Waals surface area contributed by atoms with Gasteiger partial charge in [0.15, 0.2) is 5.82 Å². The van der Waals surface area contributed by atoms with Crippen molar-refractivity contribution < 1.29 is 9.26 Å². The van der Waals surface area contributed by atoms with Crippen LogP contribution < -0.4 is 0 Å². The van der Waals surface area contributed by atoms with Crippen LogP contribution in [0.1, 0.15) is 30.2 Å². The number of thioether (sulfide) groups is 1. The molecule has 1 aromatic carbocycles. The Kier molecular flexibility index (Phi) is 5.12. The minimum absolute atomic E-state index is 0.0393. The molecule has 1 aliphatic rings. The summed E-state index contributed by atoms with van der Waals surface area (Å²) in [6.07, 6.45) is 0. The first-order chi connectivity index (χ1) is 10.8. The van der Waals surface area contributed by atoms with Crippen molar-refractivity contribution in [2.75, 3.05) is 25.5 Å². The maximum absolute atomic E-state index is 5.60. The molecule has 0 unspecified atom stereocenters. The molecule has 6 heteroatoms.